The molecule has 1 aliphatic heterocycles. The Morgan fingerprint density at radius 2 is 1.37 bits per heavy atom. The zero-order valence-corrected chi connectivity index (χ0v) is 21.7. The molecule has 8 heteroatoms. The first-order valence-corrected chi connectivity index (χ1v) is 12.7. The van der Waals surface area contributed by atoms with E-state index in [-0.39, 0.29) is 5.91 Å². The number of nitrogens with zero attached hydrogens (tertiary/aromatic N) is 6. The minimum Gasteiger partial charge on any atom is -0.307 e. The maximum atomic E-state index is 13.5. The molecule has 8 nitrogen and oxygen atoms in total. The Labute approximate surface area is 234 Å². The van der Waals surface area contributed by atoms with E-state index < -0.39 is 5.91 Å². The molecule has 0 atom stereocenters. The van der Waals surface area contributed by atoms with Crippen LogP contribution in [0, 0.1) is 17.9 Å². The second kappa shape index (κ2) is 8.98. The lowest BCUT2D eigenvalue weighted by atomic mass is 9.99. The minimum atomic E-state index is -0.395. The van der Waals surface area contributed by atoms with Gasteiger partial charge in [0.1, 0.15) is 0 Å². The number of carbonyl (C=O) groups excluding carboxylic acids is 2. The van der Waals surface area contributed by atoms with Crippen molar-refractivity contribution >= 4 is 39.3 Å². The third-order valence-electron chi connectivity index (χ3n) is 7.59. The van der Waals surface area contributed by atoms with E-state index in [2.05, 4.69) is 20.9 Å². The highest BCUT2D eigenvalue weighted by molar-refractivity contribution is 6.24. The summed E-state index contributed by atoms with van der Waals surface area (Å²) in [4.78, 5) is 40.0. The summed E-state index contributed by atoms with van der Waals surface area (Å²) in [6.07, 6.45) is 6.49. The van der Waals surface area contributed by atoms with Crippen LogP contribution >= 0.6 is 0 Å². The van der Waals surface area contributed by atoms with Crippen LogP contribution in [0.5, 0.6) is 0 Å². The van der Waals surface area contributed by atoms with Gasteiger partial charge in [0.15, 0.2) is 5.69 Å². The Kier molecular flexibility index (Phi) is 5.24. The number of pyridine rings is 2. The molecule has 3 aromatic heterocycles. The Bertz CT molecular complexity index is 2080. The number of hydrogen-bond donors (Lipinski definition) is 0. The Morgan fingerprint density at radius 1 is 0.756 bits per heavy atom. The van der Waals surface area contributed by atoms with Gasteiger partial charge >= 0.3 is 0 Å². The Morgan fingerprint density at radius 3 is 2.05 bits per heavy atom. The molecule has 0 saturated heterocycles. The van der Waals surface area contributed by atoms with Crippen molar-refractivity contribution in [2.45, 2.75) is 0 Å². The van der Waals surface area contributed by atoms with Crippen LogP contribution in [0.4, 0.5) is 5.69 Å². The number of rotatable bonds is 3. The molecule has 192 valence electrons. The number of nitriles is 1. The number of fused-ring (bicyclic) bond motifs is 4. The van der Waals surface area contributed by atoms with Crippen molar-refractivity contribution in [3.8, 4) is 34.0 Å². The zero-order valence-electron chi connectivity index (χ0n) is 21.7. The fourth-order valence-corrected chi connectivity index (χ4v) is 5.76. The number of benzene rings is 3. The fraction of sp³-hybridized carbons (Fsp3) is 0.0303. The van der Waals surface area contributed by atoms with Crippen LogP contribution in [0.2, 0.25) is 0 Å². The first kappa shape index (κ1) is 24.0. The van der Waals surface area contributed by atoms with Crippen molar-refractivity contribution in [3.05, 3.63) is 120 Å². The summed E-state index contributed by atoms with van der Waals surface area (Å²) in [5.41, 5.74) is 6.31. The maximum Gasteiger partial charge on any atom is 0.263 e. The molecule has 1 aliphatic rings. The molecule has 0 spiro atoms. The number of para-hydroxylation sites is 2. The second-order valence-corrected chi connectivity index (χ2v) is 9.65. The molecule has 0 radical (unpaired) electrons. The Hall–Kier alpha value is -6.12. The van der Waals surface area contributed by atoms with Gasteiger partial charge in [-0.05, 0) is 29.8 Å². The van der Waals surface area contributed by atoms with Gasteiger partial charge in [-0.25, -0.2) is 4.85 Å². The molecule has 0 unspecified atom stereocenters. The normalized spacial score (nSPS) is 12.5. The van der Waals surface area contributed by atoms with Crippen LogP contribution < -0.4 is 0 Å². The second-order valence-electron chi connectivity index (χ2n) is 9.65. The predicted octanol–water partition coefficient (Wildman–Crippen LogP) is 6.56. The monoisotopic (exact) mass is 530 g/mol. The number of hydrogen-bond acceptors (Lipinski definition) is 5. The molecular formula is C33H18N6O2. The highest BCUT2D eigenvalue weighted by atomic mass is 16.2. The molecule has 3 aromatic carbocycles. The molecular weight excluding hydrogens is 512 g/mol. The molecule has 0 aliphatic carbocycles. The van der Waals surface area contributed by atoms with E-state index in [0.717, 1.165) is 37.8 Å². The summed E-state index contributed by atoms with van der Waals surface area (Å²) < 4.78 is 1.98. The first-order chi connectivity index (χ1) is 20.0. The van der Waals surface area contributed by atoms with Crippen LogP contribution in [-0.2, 0) is 0 Å². The topological polar surface area (TPSA) is 96.2 Å². The number of amides is 2. The van der Waals surface area contributed by atoms with Crippen molar-refractivity contribution in [1.29, 1.82) is 5.26 Å². The van der Waals surface area contributed by atoms with E-state index in [1.807, 2.05) is 47.0 Å². The third kappa shape index (κ3) is 3.32. The van der Waals surface area contributed by atoms with Gasteiger partial charge in [-0.3, -0.25) is 24.5 Å². The van der Waals surface area contributed by atoms with E-state index in [1.54, 1.807) is 49.1 Å². The molecule has 6 aromatic rings. The third-order valence-corrected chi connectivity index (χ3v) is 7.59. The zero-order chi connectivity index (χ0) is 28.2. The van der Waals surface area contributed by atoms with Gasteiger partial charge in [0.25, 0.3) is 11.8 Å². The molecule has 0 fully saturated rings. The van der Waals surface area contributed by atoms with Gasteiger partial charge in [-0.1, -0.05) is 42.5 Å². The van der Waals surface area contributed by atoms with Crippen LogP contribution in [0.15, 0.2) is 91.5 Å². The van der Waals surface area contributed by atoms with Crippen molar-refractivity contribution in [2.24, 2.45) is 0 Å². The van der Waals surface area contributed by atoms with Crippen LogP contribution in [0.1, 0.15) is 26.3 Å². The van der Waals surface area contributed by atoms with E-state index in [0.29, 0.717) is 39.2 Å². The van der Waals surface area contributed by atoms with Crippen molar-refractivity contribution in [1.82, 2.24) is 19.4 Å². The quantitative estimate of drug-likeness (QED) is 0.191. The van der Waals surface area contributed by atoms with Gasteiger partial charge in [0.05, 0.1) is 46.1 Å². The Balaban J connectivity index is 1.73. The van der Waals surface area contributed by atoms with Gasteiger partial charge in [-0.15, -0.1) is 0 Å². The summed E-state index contributed by atoms with van der Waals surface area (Å²) in [6.45, 7) is 7.79. The SMILES string of the molecule is [C-]#[N+]c1ccncc1-c1cccc2c3cccc(-c4cnccc4C#N)c3n(-c3cccc4c3C(=O)N(C)C4=O)c12. The summed E-state index contributed by atoms with van der Waals surface area (Å²) in [7, 11) is 1.48. The largest absolute Gasteiger partial charge is 0.307 e. The molecule has 0 saturated carbocycles. The smallest absolute Gasteiger partial charge is 0.263 e. The summed E-state index contributed by atoms with van der Waals surface area (Å²) in [5, 5.41) is 11.7. The number of imide groups is 1. The van der Waals surface area contributed by atoms with E-state index in [1.165, 1.54) is 7.05 Å². The van der Waals surface area contributed by atoms with Crippen molar-refractivity contribution < 1.29 is 9.59 Å². The average molecular weight is 531 g/mol. The lowest BCUT2D eigenvalue weighted by molar-refractivity contribution is 0.0693. The van der Waals surface area contributed by atoms with Gasteiger partial charge < -0.3 is 4.57 Å². The van der Waals surface area contributed by atoms with Crippen LogP contribution in [0.25, 0.3) is 54.6 Å². The average Bonchev–Trinajstić information content (AvgIpc) is 3.48. The van der Waals surface area contributed by atoms with E-state index >= 15 is 0 Å². The number of aromatic nitrogens is 3. The van der Waals surface area contributed by atoms with Gasteiger partial charge in [0, 0.05) is 59.3 Å². The van der Waals surface area contributed by atoms with Crippen LogP contribution in [-0.4, -0.2) is 38.3 Å². The maximum absolute atomic E-state index is 13.5. The molecule has 0 bridgehead atoms. The van der Waals surface area contributed by atoms with Gasteiger partial charge in [-0.2, -0.15) is 5.26 Å². The summed E-state index contributed by atoms with van der Waals surface area (Å²) >= 11 is 0. The summed E-state index contributed by atoms with van der Waals surface area (Å²) in [5.74, 6) is -0.762. The molecule has 41 heavy (non-hydrogen) atoms. The van der Waals surface area contributed by atoms with Gasteiger partial charge in [0.2, 0.25) is 0 Å². The molecule has 4 heterocycles. The minimum absolute atomic E-state index is 0.298. The number of carbonyl (C=O) groups is 2. The van der Waals surface area contributed by atoms with Crippen molar-refractivity contribution in [3.63, 3.8) is 0 Å². The van der Waals surface area contributed by atoms with E-state index in [4.69, 9.17) is 6.57 Å². The standard InChI is InChI=1S/C33H18N6O2/c1-35-27-13-15-37-18-26(27)23-9-4-7-21-20-6-3-8-22(25-17-36-14-12-19(25)16-34)30(20)39(31(21)23)28-11-5-10-24-29(28)33(41)38(2)32(24)40/h3-15,17-18H,2H3. The first-order valence-electron chi connectivity index (χ1n) is 12.7. The molecule has 7 rings (SSSR count). The van der Waals surface area contributed by atoms with Crippen LogP contribution in [0.3, 0.4) is 0 Å². The lowest BCUT2D eigenvalue weighted by Crippen LogP contribution is -2.24. The summed E-state index contributed by atoms with van der Waals surface area (Å²) in [6, 6.07) is 22.5. The molecule has 0 N–H and O–H groups in total. The highest BCUT2D eigenvalue weighted by Crippen LogP contribution is 2.45. The lowest BCUT2D eigenvalue weighted by Gasteiger charge is -2.16. The van der Waals surface area contributed by atoms with Crippen molar-refractivity contribution in [2.75, 3.05) is 7.05 Å². The highest BCUT2D eigenvalue weighted by Gasteiger charge is 2.36. The predicted molar refractivity (Wildman–Crippen MR) is 155 cm³/mol. The molecule has 2 amide bonds. The van der Waals surface area contributed by atoms with E-state index in [9.17, 15) is 14.9 Å². The fourth-order valence-electron chi connectivity index (χ4n) is 5.76.